The van der Waals surface area contributed by atoms with Gasteiger partial charge in [0, 0.05) is 16.7 Å². The number of nitrogens with one attached hydrogen (secondary N) is 2. The van der Waals surface area contributed by atoms with E-state index in [-0.39, 0.29) is 16.5 Å². The van der Waals surface area contributed by atoms with Crippen LogP contribution in [0.1, 0.15) is 19.5 Å². The Hall–Kier alpha value is -3.69. The SMILES string of the molecule is CC(C)(O/N=C(\C(=O)N[C@@H]1C(=O)N2C(C(=O)O)=C(C[NH+]3C=CC=CC3)CS[C@H]12)c1csc(N)n1)C(=O)[O-]. The maximum Gasteiger partial charge on any atom is 0.352 e. The Morgan fingerprint density at radius 3 is 2.76 bits per heavy atom. The number of hydrogen-bond donors (Lipinski definition) is 4. The lowest BCUT2D eigenvalue weighted by molar-refractivity contribution is -0.835. The fraction of sp³-hybridized carbons (Fsp3) is 0.364. The molecule has 3 atom stereocenters. The molecule has 37 heavy (non-hydrogen) atoms. The molecule has 0 aromatic carbocycles. The monoisotopic (exact) mass is 548 g/mol. The minimum absolute atomic E-state index is 0.0223. The molecule has 4 heterocycles. The standard InChI is InChI=1S/C22H24N6O7S2/c1-22(2,20(33)34)35-26-13(12-10-37-21(23)24-12)16(29)25-14-17(30)28-15(19(31)32)11(9-36-18(14)28)8-27-6-4-3-5-7-27/h3-6,10,14,18H,7-9H2,1-2H3,(H2,23,24)(H,25,29)(H,31,32)(H,33,34)/b26-13-/t14-,18-/m1/s1. The summed E-state index contributed by atoms with van der Waals surface area (Å²) in [6.07, 6.45) is 7.70. The van der Waals surface area contributed by atoms with Crippen LogP contribution in [-0.4, -0.2) is 80.3 Å². The maximum atomic E-state index is 13.1. The van der Waals surface area contributed by atoms with Crippen LogP contribution in [0.3, 0.4) is 0 Å². The number of thiazole rings is 1. The highest BCUT2D eigenvalue weighted by molar-refractivity contribution is 8.00. The number of rotatable bonds is 9. The Morgan fingerprint density at radius 1 is 1.41 bits per heavy atom. The van der Waals surface area contributed by atoms with Crippen molar-refractivity contribution in [2.75, 3.05) is 24.6 Å². The van der Waals surface area contributed by atoms with Crippen LogP contribution in [0.2, 0.25) is 0 Å². The van der Waals surface area contributed by atoms with Crippen molar-refractivity contribution in [1.82, 2.24) is 15.2 Å². The number of carbonyl (C=O) groups excluding carboxylic acids is 3. The summed E-state index contributed by atoms with van der Waals surface area (Å²) >= 11 is 2.37. The second-order valence-electron chi connectivity index (χ2n) is 8.84. The minimum atomic E-state index is -1.85. The first kappa shape index (κ1) is 26.4. The number of nitrogens with two attached hydrogens (primary N) is 1. The third kappa shape index (κ3) is 5.38. The molecular weight excluding hydrogens is 524 g/mol. The van der Waals surface area contributed by atoms with Crippen LogP contribution in [0.4, 0.5) is 5.13 Å². The molecule has 15 heteroatoms. The number of carbonyl (C=O) groups is 4. The van der Waals surface area contributed by atoms with Crippen molar-refractivity contribution in [3.63, 3.8) is 0 Å². The van der Waals surface area contributed by atoms with Gasteiger partial charge < -0.3 is 35.8 Å². The molecule has 1 fully saturated rings. The van der Waals surface area contributed by atoms with E-state index in [0.717, 1.165) is 16.2 Å². The summed E-state index contributed by atoms with van der Waals surface area (Å²) in [5.74, 6) is -3.85. The molecule has 196 valence electrons. The number of aromatic nitrogens is 1. The maximum absolute atomic E-state index is 13.1. The molecule has 1 aromatic rings. The molecule has 0 spiro atoms. The summed E-state index contributed by atoms with van der Waals surface area (Å²) in [6.45, 7) is 3.51. The Labute approximate surface area is 219 Å². The molecule has 3 aliphatic heterocycles. The highest BCUT2D eigenvalue weighted by Gasteiger charge is 2.54. The van der Waals surface area contributed by atoms with E-state index in [1.165, 1.54) is 35.9 Å². The highest BCUT2D eigenvalue weighted by atomic mass is 32.2. The first-order chi connectivity index (χ1) is 17.5. The van der Waals surface area contributed by atoms with Crippen molar-refractivity contribution in [1.29, 1.82) is 0 Å². The molecule has 1 saturated heterocycles. The quantitative estimate of drug-likeness (QED) is 0.148. The zero-order valence-corrected chi connectivity index (χ0v) is 21.4. The fourth-order valence-corrected chi connectivity index (χ4v) is 5.68. The lowest BCUT2D eigenvalue weighted by Gasteiger charge is -2.49. The van der Waals surface area contributed by atoms with Crippen LogP contribution in [0.25, 0.3) is 0 Å². The van der Waals surface area contributed by atoms with E-state index < -0.39 is 46.5 Å². The predicted octanol–water partition coefficient (Wildman–Crippen LogP) is -2.32. The van der Waals surface area contributed by atoms with Gasteiger partial charge in [0.1, 0.15) is 35.9 Å². The van der Waals surface area contributed by atoms with Crippen LogP contribution in [0.15, 0.2) is 46.2 Å². The van der Waals surface area contributed by atoms with Gasteiger partial charge in [0.25, 0.3) is 11.8 Å². The van der Waals surface area contributed by atoms with Gasteiger partial charge >= 0.3 is 5.97 Å². The van der Waals surface area contributed by atoms with E-state index in [0.29, 0.717) is 24.4 Å². The van der Waals surface area contributed by atoms with Crippen LogP contribution >= 0.6 is 23.1 Å². The number of carboxylic acids is 2. The summed E-state index contributed by atoms with van der Waals surface area (Å²) in [5.41, 5.74) is 3.99. The van der Waals surface area contributed by atoms with Crippen molar-refractivity contribution >= 4 is 57.7 Å². The lowest BCUT2D eigenvalue weighted by atomic mass is 10.0. The third-order valence-electron chi connectivity index (χ3n) is 5.77. The Morgan fingerprint density at radius 2 is 2.16 bits per heavy atom. The zero-order valence-electron chi connectivity index (χ0n) is 19.8. The average molecular weight is 549 g/mol. The molecule has 5 N–H and O–H groups in total. The molecule has 2 amide bonds. The number of hydrogen-bond acceptors (Lipinski definition) is 11. The molecule has 0 bridgehead atoms. The number of β-lactam (4-membered cyclic amide) rings is 1. The van der Waals surface area contributed by atoms with Crippen LogP contribution < -0.4 is 21.1 Å². The van der Waals surface area contributed by atoms with Crippen molar-refractivity contribution in [2.45, 2.75) is 30.9 Å². The van der Waals surface area contributed by atoms with Gasteiger partial charge in [-0.1, -0.05) is 11.2 Å². The Bertz CT molecular complexity index is 1270. The van der Waals surface area contributed by atoms with Gasteiger partial charge in [0.15, 0.2) is 16.4 Å². The number of amides is 2. The van der Waals surface area contributed by atoms with Gasteiger partial charge in [-0.25, -0.2) is 9.78 Å². The Kier molecular flexibility index (Phi) is 7.38. The first-order valence-corrected chi connectivity index (χ1v) is 13.0. The number of carboxylic acid groups (broad SMARTS) is 2. The van der Waals surface area contributed by atoms with Crippen molar-refractivity contribution in [2.24, 2.45) is 5.16 Å². The summed E-state index contributed by atoms with van der Waals surface area (Å²) in [7, 11) is 0. The zero-order chi connectivity index (χ0) is 26.9. The molecule has 1 aromatic heterocycles. The number of anilines is 1. The number of quaternary nitrogens is 1. The number of fused-ring (bicyclic) bond motifs is 1. The van der Waals surface area contributed by atoms with Gasteiger partial charge in [-0.2, -0.15) is 0 Å². The first-order valence-electron chi connectivity index (χ1n) is 11.1. The van der Waals surface area contributed by atoms with Gasteiger partial charge in [-0.3, -0.25) is 14.5 Å². The van der Waals surface area contributed by atoms with E-state index in [2.05, 4.69) is 15.5 Å². The molecule has 0 saturated carbocycles. The summed E-state index contributed by atoms with van der Waals surface area (Å²) < 4.78 is 0. The number of thioether (sulfide) groups is 1. The molecule has 0 aliphatic carbocycles. The second kappa shape index (κ2) is 10.4. The second-order valence-corrected chi connectivity index (χ2v) is 10.8. The fourth-order valence-electron chi connectivity index (χ4n) is 3.79. The normalized spacial score (nSPS) is 23.4. The van der Waals surface area contributed by atoms with Crippen molar-refractivity contribution in [3.8, 4) is 0 Å². The van der Waals surface area contributed by atoms with Crippen molar-refractivity contribution in [3.05, 3.63) is 46.8 Å². The van der Waals surface area contributed by atoms with E-state index in [9.17, 15) is 29.4 Å². The number of allylic oxidation sites excluding steroid dienone is 2. The van der Waals surface area contributed by atoms with Crippen LogP contribution in [-0.2, 0) is 24.0 Å². The molecule has 3 aliphatic rings. The number of nitrogen functional groups attached to an aromatic ring is 1. The van der Waals surface area contributed by atoms with Crippen molar-refractivity contribution < 1.29 is 39.1 Å². The van der Waals surface area contributed by atoms with E-state index in [1.807, 2.05) is 24.4 Å². The van der Waals surface area contributed by atoms with E-state index in [4.69, 9.17) is 10.6 Å². The van der Waals surface area contributed by atoms with Gasteiger partial charge in [-0.15, -0.1) is 23.1 Å². The minimum Gasteiger partial charge on any atom is -0.546 e. The molecule has 4 rings (SSSR count). The van der Waals surface area contributed by atoms with E-state index in [1.54, 1.807) is 0 Å². The van der Waals surface area contributed by atoms with E-state index >= 15 is 0 Å². The lowest BCUT2D eigenvalue weighted by Crippen LogP contribution is -3.08. The number of nitrogens with zero attached hydrogens (tertiary/aromatic N) is 3. The number of aliphatic carboxylic acids is 2. The average Bonchev–Trinajstić information content (AvgIpc) is 3.28. The summed E-state index contributed by atoms with van der Waals surface area (Å²) in [4.78, 5) is 60.8. The van der Waals surface area contributed by atoms with Gasteiger partial charge in [0.2, 0.25) is 0 Å². The largest absolute Gasteiger partial charge is 0.546 e. The molecule has 13 nitrogen and oxygen atoms in total. The predicted molar refractivity (Wildman–Crippen MR) is 132 cm³/mol. The smallest absolute Gasteiger partial charge is 0.352 e. The third-order valence-corrected chi connectivity index (χ3v) is 7.79. The van der Waals surface area contributed by atoms with Crippen LogP contribution in [0, 0.1) is 0 Å². The summed E-state index contributed by atoms with van der Waals surface area (Å²) in [6, 6.07) is -1.03. The van der Waals surface area contributed by atoms with Crippen LogP contribution in [0.5, 0.6) is 0 Å². The van der Waals surface area contributed by atoms with Gasteiger partial charge in [-0.05, 0) is 26.0 Å². The number of oxime groups is 1. The molecular formula is C22H24N6O7S2. The molecule has 0 radical (unpaired) electrons. The highest BCUT2D eigenvalue weighted by Crippen LogP contribution is 2.40. The molecule has 1 unspecified atom stereocenters. The topological polar surface area (TPSA) is 192 Å². The summed E-state index contributed by atoms with van der Waals surface area (Å²) in [5, 5.41) is 28.3. The Balaban J connectivity index is 1.53. The van der Waals surface area contributed by atoms with Gasteiger partial charge in [0.05, 0.1) is 12.2 Å².